The Labute approximate surface area is 188 Å². The van der Waals surface area contributed by atoms with Gasteiger partial charge in [0.05, 0.1) is 5.69 Å². The zero-order valence-corrected chi connectivity index (χ0v) is 18.5. The maximum absolute atomic E-state index is 12.3. The molecule has 0 atom stereocenters. The summed E-state index contributed by atoms with van der Waals surface area (Å²) in [7, 11) is 0. The van der Waals surface area contributed by atoms with Crippen LogP contribution in [0.4, 0.5) is 5.13 Å². The van der Waals surface area contributed by atoms with Crippen LogP contribution in [0.2, 0.25) is 0 Å². The van der Waals surface area contributed by atoms with Crippen LogP contribution in [-0.4, -0.2) is 53.4 Å². The lowest BCUT2D eigenvalue weighted by atomic mass is 10.2. The fraction of sp³-hybridized carbons (Fsp3) is 0.304. The summed E-state index contributed by atoms with van der Waals surface area (Å²) in [5.41, 5.74) is 3.33. The second kappa shape index (κ2) is 11.2. The SMILES string of the molecule is Cl.O=C(CCN1CCN(Cc2ccccc2)CC1)Nc1nc(-c2ccccc2)cs1. The van der Waals surface area contributed by atoms with E-state index in [4.69, 9.17) is 0 Å². The highest BCUT2D eigenvalue weighted by Crippen LogP contribution is 2.24. The van der Waals surface area contributed by atoms with Crippen LogP contribution in [-0.2, 0) is 11.3 Å². The van der Waals surface area contributed by atoms with Gasteiger partial charge in [-0.05, 0) is 5.56 Å². The lowest BCUT2D eigenvalue weighted by Gasteiger charge is -2.34. The number of benzene rings is 2. The zero-order chi connectivity index (χ0) is 19.9. The molecule has 0 radical (unpaired) electrons. The van der Waals surface area contributed by atoms with Crippen molar-refractivity contribution in [1.82, 2.24) is 14.8 Å². The lowest BCUT2D eigenvalue weighted by molar-refractivity contribution is -0.116. The number of carbonyl (C=O) groups is 1. The van der Waals surface area contributed by atoms with Crippen molar-refractivity contribution in [3.8, 4) is 11.3 Å². The van der Waals surface area contributed by atoms with E-state index in [1.165, 1.54) is 16.9 Å². The first-order valence-corrected chi connectivity index (χ1v) is 10.9. The lowest BCUT2D eigenvalue weighted by Crippen LogP contribution is -2.46. The van der Waals surface area contributed by atoms with Gasteiger partial charge >= 0.3 is 0 Å². The minimum absolute atomic E-state index is 0. The quantitative estimate of drug-likeness (QED) is 0.590. The van der Waals surface area contributed by atoms with Crippen molar-refractivity contribution in [1.29, 1.82) is 0 Å². The Hall–Kier alpha value is -2.25. The third-order valence-corrected chi connectivity index (χ3v) is 5.95. The molecule has 5 nitrogen and oxygen atoms in total. The Kier molecular flexibility index (Phi) is 8.39. The average Bonchev–Trinajstić information content (AvgIpc) is 3.23. The van der Waals surface area contributed by atoms with Gasteiger partial charge in [-0.25, -0.2) is 4.98 Å². The number of thiazole rings is 1. The molecule has 158 valence electrons. The third-order valence-electron chi connectivity index (χ3n) is 5.19. The van der Waals surface area contributed by atoms with Crippen LogP contribution in [0.1, 0.15) is 12.0 Å². The summed E-state index contributed by atoms with van der Waals surface area (Å²) in [6, 6.07) is 20.6. The predicted octanol–water partition coefficient (Wildman–Crippen LogP) is 4.38. The number of amides is 1. The third kappa shape index (κ3) is 6.37. The molecule has 1 N–H and O–H groups in total. The summed E-state index contributed by atoms with van der Waals surface area (Å²) >= 11 is 1.47. The molecule has 1 amide bonds. The van der Waals surface area contributed by atoms with Crippen molar-refractivity contribution in [3.63, 3.8) is 0 Å². The van der Waals surface area contributed by atoms with E-state index < -0.39 is 0 Å². The van der Waals surface area contributed by atoms with Crippen LogP contribution >= 0.6 is 23.7 Å². The van der Waals surface area contributed by atoms with Crippen molar-refractivity contribution in [2.75, 3.05) is 38.0 Å². The van der Waals surface area contributed by atoms with Gasteiger partial charge in [0.25, 0.3) is 0 Å². The van der Waals surface area contributed by atoms with E-state index in [1.807, 2.05) is 35.7 Å². The van der Waals surface area contributed by atoms with E-state index >= 15 is 0 Å². The first kappa shape index (κ1) is 22.4. The standard InChI is InChI=1S/C23H26N4OS.ClH/c28-22(25-23-24-21(18-29-23)20-9-5-2-6-10-20)11-12-26-13-15-27(16-14-26)17-19-7-3-1-4-8-19;/h1-10,18H,11-17H2,(H,24,25,28);1H. The second-order valence-corrected chi connectivity index (χ2v) is 8.16. The molecule has 2 aromatic carbocycles. The van der Waals surface area contributed by atoms with Gasteiger partial charge in [-0.1, -0.05) is 60.7 Å². The van der Waals surface area contributed by atoms with Gasteiger partial charge < -0.3 is 10.2 Å². The van der Waals surface area contributed by atoms with E-state index in [0.29, 0.717) is 11.6 Å². The first-order valence-electron chi connectivity index (χ1n) is 10.1. The molecule has 0 aliphatic carbocycles. The van der Waals surface area contributed by atoms with Gasteiger partial charge in [0.15, 0.2) is 5.13 Å². The smallest absolute Gasteiger partial charge is 0.227 e. The molecular weight excluding hydrogens is 416 g/mol. The summed E-state index contributed by atoms with van der Waals surface area (Å²) in [6.45, 7) is 5.91. The number of anilines is 1. The highest BCUT2D eigenvalue weighted by Gasteiger charge is 2.18. The van der Waals surface area contributed by atoms with Crippen molar-refractivity contribution in [2.24, 2.45) is 0 Å². The molecule has 4 rings (SSSR count). The van der Waals surface area contributed by atoms with E-state index in [1.54, 1.807) is 0 Å². The Morgan fingerprint density at radius 1 is 0.933 bits per heavy atom. The Balaban J connectivity index is 0.00000256. The van der Waals surface area contributed by atoms with Crippen LogP contribution in [0.25, 0.3) is 11.3 Å². The summed E-state index contributed by atoms with van der Waals surface area (Å²) in [4.78, 5) is 21.7. The van der Waals surface area contributed by atoms with Crippen molar-refractivity contribution in [3.05, 3.63) is 71.6 Å². The Bertz CT molecular complexity index is 911. The Morgan fingerprint density at radius 2 is 1.57 bits per heavy atom. The Morgan fingerprint density at radius 3 is 2.27 bits per heavy atom. The highest BCUT2D eigenvalue weighted by atomic mass is 35.5. The summed E-state index contributed by atoms with van der Waals surface area (Å²) in [6.07, 6.45) is 0.499. The van der Waals surface area contributed by atoms with E-state index in [9.17, 15) is 4.79 Å². The minimum Gasteiger partial charge on any atom is -0.302 e. The van der Waals surface area contributed by atoms with Crippen LogP contribution in [0, 0.1) is 0 Å². The number of rotatable bonds is 7. The molecule has 1 fully saturated rings. The summed E-state index contributed by atoms with van der Waals surface area (Å²) in [5.74, 6) is 0.0330. The molecule has 0 saturated carbocycles. The van der Waals surface area contributed by atoms with E-state index in [-0.39, 0.29) is 18.3 Å². The number of carbonyl (C=O) groups excluding carboxylic acids is 1. The molecule has 0 spiro atoms. The number of hydrogen-bond acceptors (Lipinski definition) is 5. The number of halogens is 1. The maximum atomic E-state index is 12.3. The van der Waals surface area contributed by atoms with E-state index in [0.717, 1.165) is 50.5 Å². The van der Waals surface area contributed by atoms with Gasteiger partial charge in [0, 0.05) is 56.6 Å². The highest BCUT2D eigenvalue weighted by molar-refractivity contribution is 7.14. The molecule has 1 saturated heterocycles. The molecule has 1 aromatic heterocycles. The first-order chi connectivity index (χ1) is 14.3. The van der Waals surface area contributed by atoms with Crippen molar-refractivity contribution in [2.45, 2.75) is 13.0 Å². The van der Waals surface area contributed by atoms with Crippen LogP contribution < -0.4 is 5.32 Å². The number of nitrogens with zero attached hydrogens (tertiary/aromatic N) is 3. The van der Waals surface area contributed by atoms with Gasteiger partial charge in [0.2, 0.25) is 5.91 Å². The average molecular weight is 443 g/mol. The second-order valence-electron chi connectivity index (χ2n) is 7.31. The summed E-state index contributed by atoms with van der Waals surface area (Å²) in [5, 5.41) is 5.60. The van der Waals surface area contributed by atoms with Gasteiger partial charge in [0.1, 0.15) is 0 Å². The minimum atomic E-state index is 0. The fourth-order valence-electron chi connectivity index (χ4n) is 3.53. The summed E-state index contributed by atoms with van der Waals surface area (Å²) < 4.78 is 0. The van der Waals surface area contributed by atoms with Gasteiger partial charge in [-0.15, -0.1) is 23.7 Å². The normalized spacial score (nSPS) is 14.8. The van der Waals surface area contributed by atoms with Crippen LogP contribution in [0.5, 0.6) is 0 Å². The molecule has 2 heterocycles. The van der Waals surface area contributed by atoms with Crippen molar-refractivity contribution >= 4 is 34.8 Å². The predicted molar refractivity (Wildman–Crippen MR) is 126 cm³/mol. The molecule has 1 aliphatic heterocycles. The number of piperazine rings is 1. The molecule has 0 unspecified atom stereocenters. The van der Waals surface area contributed by atoms with Gasteiger partial charge in [-0.3, -0.25) is 9.69 Å². The monoisotopic (exact) mass is 442 g/mol. The number of aromatic nitrogens is 1. The molecule has 0 bridgehead atoms. The molecule has 7 heteroatoms. The molecular formula is C23H27ClN4OS. The van der Waals surface area contributed by atoms with Crippen LogP contribution in [0.15, 0.2) is 66.0 Å². The van der Waals surface area contributed by atoms with E-state index in [2.05, 4.69) is 50.4 Å². The largest absolute Gasteiger partial charge is 0.302 e. The van der Waals surface area contributed by atoms with Gasteiger partial charge in [-0.2, -0.15) is 0 Å². The maximum Gasteiger partial charge on any atom is 0.227 e. The van der Waals surface area contributed by atoms with Crippen molar-refractivity contribution < 1.29 is 4.79 Å². The number of hydrogen-bond donors (Lipinski definition) is 1. The molecule has 30 heavy (non-hydrogen) atoms. The molecule has 3 aromatic rings. The number of nitrogens with one attached hydrogen (secondary N) is 1. The topological polar surface area (TPSA) is 48.5 Å². The van der Waals surface area contributed by atoms with Crippen LogP contribution in [0.3, 0.4) is 0 Å². The fourth-order valence-corrected chi connectivity index (χ4v) is 4.26. The molecule has 1 aliphatic rings. The zero-order valence-electron chi connectivity index (χ0n) is 16.9.